The largest absolute Gasteiger partial charge is 0.359 e. The van der Waals surface area contributed by atoms with Crippen molar-refractivity contribution in [2.45, 2.75) is 19.9 Å². The number of benzene rings is 1. The molecule has 0 aliphatic rings. The Labute approximate surface area is 108 Å². The summed E-state index contributed by atoms with van der Waals surface area (Å²) in [5.74, 6) is -0.338. The van der Waals surface area contributed by atoms with E-state index in [0.717, 1.165) is 16.4 Å². The Morgan fingerprint density at radius 3 is 2.82 bits per heavy atom. The maximum Gasteiger partial charge on any atom is 0.183 e. The van der Waals surface area contributed by atoms with Crippen molar-refractivity contribution in [3.63, 3.8) is 0 Å². The van der Waals surface area contributed by atoms with Crippen LogP contribution in [0.2, 0.25) is 5.02 Å². The first kappa shape index (κ1) is 12.3. The number of aromatic nitrogens is 1. The summed E-state index contributed by atoms with van der Waals surface area (Å²) in [5, 5.41) is 6.35. The Hall–Kier alpha value is -1.13. The Bertz CT molecular complexity index is 525. The Kier molecular flexibility index (Phi) is 3.64. The van der Waals surface area contributed by atoms with Crippen LogP contribution in [0.3, 0.4) is 0 Å². The Morgan fingerprint density at radius 1 is 1.41 bits per heavy atom. The predicted molar refractivity (Wildman–Crippen MR) is 71.3 cm³/mol. The van der Waals surface area contributed by atoms with E-state index in [1.807, 2.05) is 19.2 Å². The summed E-state index contributed by atoms with van der Waals surface area (Å²) in [6.07, 6.45) is 0. The van der Waals surface area contributed by atoms with Gasteiger partial charge < -0.3 is 5.32 Å². The van der Waals surface area contributed by atoms with E-state index in [1.165, 1.54) is 23.5 Å². The van der Waals surface area contributed by atoms with Gasteiger partial charge in [-0.2, -0.15) is 0 Å². The molecule has 0 saturated heterocycles. The number of rotatable bonds is 3. The zero-order valence-electron chi connectivity index (χ0n) is 9.50. The zero-order valence-corrected chi connectivity index (χ0v) is 11.1. The molecule has 17 heavy (non-hydrogen) atoms. The number of hydrogen-bond donors (Lipinski definition) is 1. The van der Waals surface area contributed by atoms with Crippen molar-refractivity contribution in [3.05, 3.63) is 34.4 Å². The number of halogens is 2. The molecule has 90 valence electrons. The molecule has 0 spiro atoms. The molecule has 0 amide bonds. The number of hydrogen-bond acceptors (Lipinski definition) is 3. The SMILES string of the molecule is CC(C)Nc1nc(-c2ccc(F)cc2Cl)cs1. The zero-order chi connectivity index (χ0) is 12.4. The molecule has 0 aliphatic carbocycles. The fraction of sp³-hybridized carbons (Fsp3) is 0.250. The Morgan fingerprint density at radius 2 is 2.18 bits per heavy atom. The van der Waals surface area contributed by atoms with Crippen molar-refractivity contribution in [1.29, 1.82) is 0 Å². The molecule has 0 unspecified atom stereocenters. The topological polar surface area (TPSA) is 24.9 Å². The molecule has 1 N–H and O–H groups in total. The van der Waals surface area contributed by atoms with Gasteiger partial charge in [-0.25, -0.2) is 9.37 Å². The fourth-order valence-electron chi connectivity index (χ4n) is 1.41. The van der Waals surface area contributed by atoms with E-state index in [0.29, 0.717) is 11.1 Å². The third kappa shape index (κ3) is 2.96. The van der Waals surface area contributed by atoms with Crippen LogP contribution < -0.4 is 5.32 Å². The van der Waals surface area contributed by atoms with Crippen LogP contribution in [0, 0.1) is 5.82 Å². The summed E-state index contributed by atoms with van der Waals surface area (Å²) in [6.45, 7) is 4.10. The maximum atomic E-state index is 12.9. The summed E-state index contributed by atoms with van der Waals surface area (Å²) < 4.78 is 12.9. The summed E-state index contributed by atoms with van der Waals surface area (Å²) in [4.78, 5) is 4.41. The highest BCUT2D eigenvalue weighted by molar-refractivity contribution is 7.14. The van der Waals surface area contributed by atoms with Gasteiger partial charge in [0.15, 0.2) is 5.13 Å². The second-order valence-corrected chi connectivity index (χ2v) is 5.23. The van der Waals surface area contributed by atoms with E-state index in [9.17, 15) is 4.39 Å². The minimum Gasteiger partial charge on any atom is -0.359 e. The van der Waals surface area contributed by atoms with E-state index in [-0.39, 0.29) is 5.82 Å². The summed E-state index contributed by atoms with van der Waals surface area (Å²) in [7, 11) is 0. The number of nitrogens with one attached hydrogen (secondary N) is 1. The van der Waals surface area contributed by atoms with Crippen molar-refractivity contribution in [3.8, 4) is 11.3 Å². The lowest BCUT2D eigenvalue weighted by Gasteiger charge is -2.04. The van der Waals surface area contributed by atoms with Gasteiger partial charge >= 0.3 is 0 Å². The molecular weight excluding hydrogens is 259 g/mol. The second-order valence-electron chi connectivity index (χ2n) is 3.96. The van der Waals surface area contributed by atoms with Gasteiger partial charge in [0, 0.05) is 17.0 Å². The van der Waals surface area contributed by atoms with Gasteiger partial charge in [-0.05, 0) is 32.0 Å². The molecule has 0 saturated carbocycles. The predicted octanol–water partition coefficient (Wildman–Crippen LogP) is 4.42. The lowest BCUT2D eigenvalue weighted by molar-refractivity contribution is 0.628. The first-order chi connectivity index (χ1) is 8.06. The third-order valence-electron chi connectivity index (χ3n) is 2.12. The molecule has 0 aliphatic heterocycles. The molecule has 1 aromatic heterocycles. The fourth-order valence-corrected chi connectivity index (χ4v) is 2.53. The van der Waals surface area contributed by atoms with Crippen molar-refractivity contribution >= 4 is 28.1 Å². The molecule has 2 rings (SSSR count). The number of anilines is 1. The molecule has 2 nitrogen and oxygen atoms in total. The van der Waals surface area contributed by atoms with Crippen LogP contribution in [-0.2, 0) is 0 Å². The molecule has 1 aromatic carbocycles. The Balaban J connectivity index is 2.30. The van der Waals surface area contributed by atoms with Crippen LogP contribution >= 0.6 is 22.9 Å². The maximum absolute atomic E-state index is 12.9. The first-order valence-corrected chi connectivity index (χ1v) is 6.49. The number of thiazole rings is 1. The number of nitrogens with zero attached hydrogens (tertiary/aromatic N) is 1. The van der Waals surface area contributed by atoms with Crippen LogP contribution in [0.4, 0.5) is 9.52 Å². The normalized spacial score (nSPS) is 10.9. The van der Waals surface area contributed by atoms with E-state index < -0.39 is 0 Å². The van der Waals surface area contributed by atoms with Gasteiger partial charge in [0.2, 0.25) is 0 Å². The molecule has 1 heterocycles. The van der Waals surface area contributed by atoms with Gasteiger partial charge in [0.25, 0.3) is 0 Å². The minimum atomic E-state index is -0.338. The van der Waals surface area contributed by atoms with Gasteiger partial charge in [-0.15, -0.1) is 11.3 Å². The van der Waals surface area contributed by atoms with Crippen LogP contribution in [0.5, 0.6) is 0 Å². The summed E-state index contributed by atoms with van der Waals surface area (Å²) >= 11 is 7.49. The third-order valence-corrected chi connectivity index (χ3v) is 3.21. The molecule has 0 radical (unpaired) electrons. The van der Waals surface area contributed by atoms with Crippen molar-refractivity contribution in [1.82, 2.24) is 4.98 Å². The van der Waals surface area contributed by atoms with Gasteiger partial charge in [0.1, 0.15) is 5.82 Å². The molecule has 0 atom stereocenters. The standard InChI is InChI=1S/C12H12ClFN2S/c1-7(2)15-12-16-11(6-17-12)9-4-3-8(14)5-10(9)13/h3-7H,1-2H3,(H,15,16). The van der Waals surface area contributed by atoms with Gasteiger partial charge in [-0.3, -0.25) is 0 Å². The van der Waals surface area contributed by atoms with Crippen molar-refractivity contribution in [2.75, 3.05) is 5.32 Å². The first-order valence-electron chi connectivity index (χ1n) is 5.24. The van der Waals surface area contributed by atoms with Crippen LogP contribution in [0.25, 0.3) is 11.3 Å². The van der Waals surface area contributed by atoms with E-state index >= 15 is 0 Å². The van der Waals surface area contributed by atoms with Gasteiger partial charge in [-0.1, -0.05) is 11.6 Å². The van der Waals surface area contributed by atoms with E-state index in [4.69, 9.17) is 11.6 Å². The van der Waals surface area contributed by atoms with E-state index in [2.05, 4.69) is 10.3 Å². The molecule has 5 heteroatoms. The van der Waals surface area contributed by atoms with Gasteiger partial charge in [0.05, 0.1) is 10.7 Å². The average Bonchev–Trinajstić information content (AvgIpc) is 2.65. The molecule has 2 aromatic rings. The van der Waals surface area contributed by atoms with Crippen LogP contribution in [0.15, 0.2) is 23.6 Å². The lowest BCUT2D eigenvalue weighted by atomic mass is 10.2. The molecule has 0 fully saturated rings. The molecular formula is C12H12ClFN2S. The van der Waals surface area contributed by atoms with E-state index in [1.54, 1.807) is 6.07 Å². The van der Waals surface area contributed by atoms with Crippen LogP contribution in [0.1, 0.15) is 13.8 Å². The average molecular weight is 271 g/mol. The van der Waals surface area contributed by atoms with Crippen molar-refractivity contribution in [2.24, 2.45) is 0 Å². The minimum absolute atomic E-state index is 0.331. The quantitative estimate of drug-likeness (QED) is 0.893. The highest BCUT2D eigenvalue weighted by atomic mass is 35.5. The summed E-state index contributed by atoms with van der Waals surface area (Å²) in [6, 6.07) is 4.66. The highest BCUT2D eigenvalue weighted by Gasteiger charge is 2.09. The highest BCUT2D eigenvalue weighted by Crippen LogP contribution is 2.31. The van der Waals surface area contributed by atoms with Crippen molar-refractivity contribution < 1.29 is 4.39 Å². The van der Waals surface area contributed by atoms with Crippen LogP contribution in [-0.4, -0.2) is 11.0 Å². The molecule has 0 bridgehead atoms. The second kappa shape index (κ2) is 5.02. The monoisotopic (exact) mass is 270 g/mol. The lowest BCUT2D eigenvalue weighted by Crippen LogP contribution is -2.08. The smallest absolute Gasteiger partial charge is 0.183 e. The summed E-state index contributed by atoms with van der Waals surface area (Å²) in [5.41, 5.74) is 1.52.